The van der Waals surface area contributed by atoms with E-state index in [4.69, 9.17) is 0 Å². The monoisotopic (exact) mass is 880 g/mol. The smallest absolute Gasteiger partial charge is 0.0541 e. The maximum absolute atomic E-state index is 4.29. The number of rotatable bonds is 6. The highest BCUT2D eigenvalue weighted by molar-refractivity contribution is 6.13. The molecule has 0 aliphatic heterocycles. The Morgan fingerprint density at radius 2 is 0.536 bits per heavy atom. The first kappa shape index (κ1) is 40.1. The second kappa shape index (κ2) is 16.9. The molecule has 0 saturated heterocycles. The van der Waals surface area contributed by atoms with Crippen LogP contribution >= 0.6 is 0 Å². The predicted molar refractivity (Wildman–Crippen MR) is 290 cm³/mol. The predicted octanol–water partition coefficient (Wildman–Crippen LogP) is 17.1. The first-order chi connectivity index (χ1) is 34.2. The van der Waals surface area contributed by atoms with Gasteiger partial charge in [0.25, 0.3) is 0 Å². The van der Waals surface area contributed by atoms with Crippen LogP contribution in [0.1, 0.15) is 0 Å². The molecule has 4 heteroatoms. The molecule has 0 spiro atoms. The maximum Gasteiger partial charge on any atom is 0.0541 e. The van der Waals surface area contributed by atoms with Crippen LogP contribution in [0.4, 0.5) is 0 Å². The number of pyridine rings is 1. The highest BCUT2D eigenvalue weighted by atomic mass is 15.0. The highest BCUT2D eigenvalue weighted by Crippen LogP contribution is 2.39. The standard InChI is InChI=1S/C41H27N3.C24H17N/c1-2-10-32(11-3-1)43-38-14-6-4-12-34(38)36-25-29(18-22-40(36)43)30-19-23-41-37(26-30)35-13-5-7-15-39(35)44(41)33-20-16-28(17-21-33)31-9-8-24-42-27-31;1-3-9-18(10-4-1)19-15-16-24-22(17-19)21-13-7-8-14-23(21)25(24)20-11-5-2-6-12-20/h1-27H;1-17H. The van der Waals surface area contributed by atoms with Crippen LogP contribution in [0.5, 0.6) is 0 Å². The lowest BCUT2D eigenvalue weighted by Crippen LogP contribution is -1.94. The topological polar surface area (TPSA) is 27.7 Å². The van der Waals surface area contributed by atoms with Crippen LogP contribution in [0.25, 0.3) is 116 Å². The third-order valence-electron chi connectivity index (χ3n) is 13.6. The summed E-state index contributed by atoms with van der Waals surface area (Å²) in [5.41, 5.74) is 18.1. The van der Waals surface area contributed by atoms with Crippen molar-refractivity contribution in [2.75, 3.05) is 0 Å². The molecular formula is C65H44N4. The molecule has 324 valence electrons. The van der Waals surface area contributed by atoms with Crippen LogP contribution in [0, 0.1) is 0 Å². The van der Waals surface area contributed by atoms with Crippen LogP contribution in [0.2, 0.25) is 0 Å². The van der Waals surface area contributed by atoms with E-state index in [0.29, 0.717) is 0 Å². The van der Waals surface area contributed by atoms with Gasteiger partial charge in [0.05, 0.1) is 33.1 Å². The van der Waals surface area contributed by atoms with E-state index in [1.807, 2.05) is 18.5 Å². The summed E-state index contributed by atoms with van der Waals surface area (Å²) in [6.45, 7) is 0. The van der Waals surface area contributed by atoms with Crippen LogP contribution in [-0.2, 0) is 0 Å². The van der Waals surface area contributed by atoms with Crippen molar-refractivity contribution in [3.05, 3.63) is 267 Å². The summed E-state index contributed by atoms with van der Waals surface area (Å²) in [7, 11) is 0. The van der Waals surface area contributed by atoms with Crippen molar-refractivity contribution in [2.24, 2.45) is 0 Å². The fourth-order valence-corrected chi connectivity index (χ4v) is 10.4. The van der Waals surface area contributed by atoms with E-state index < -0.39 is 0 Å². The Balaban J connectivity index is 0.000000158. The summed E-state index contributed by atoms with van der Waals surface area (Å²) in [4.78, 5) is 4.29. The van der Waals surface area contributed by atoms with Crippen LogP contribution in [0.3, 0.4) is 0 Å². The second-order valence-corrected chi connectivity index (χ2v) is 17.6. The summed E-state index contributed by atoms with van der Waals surface area (Å²) in [5.74, 6) is 0. The largest absolute Gasteiger partial charge is 0.309 e. The number of para-hydroxylation sites is 5. The highest BCUT2D eigenvalue weighted by Gasteiger charge is 2.17. The summed E-state index contributed by atoms with van der Waals surface area (Å²) in [5, 5.41) is 7.61. The molecular weight excluding hydrogens is 837 g/mol. The minimum atomic E-state index is 1.12. The molecule has 0 aliphatic carbocycles. The van der Waals surface area contributed by atoms with Gasteiger partial charge in [0.1, 0.15) is 0 Å². The molecule has 0 unspecified atom stereocenters. The van der Waals surface area contributed by atoms with Gasteiger partial charge in [-0.25, -0.2) is 0 Å². The first-order valence-corrected chi connectivity index (χ1v) is 23.5. The zero-order valence-corrected chi connectivity index (χ0v) is 37.7. The molecule has 0 bridgehead atoms. The van der Waals surface area contributed by atoms with Gasteiger partial charge >= 0.3 is 0 Å². The van der Waals surface area contributed by atoms with E-state index in [2.05, 4.69) is 267 Å². The number of benzene rings is 10. The maximum atomic E-state index is 4.29. The summed E-state index contributed by atoms with van der Waals surface area (Å²) >= 11 is 0. The summed E-state index contributed by atoms with van der Waals surface area (Å²) in [6.07, 6.45) is 3.72. The van der Waals surface area contributed by atoms with Crippen molar-refractivity contribution in [1.82, 2.24) is 18.7 Å². The minimum Gasteiger partial charge on any atom is -0.309 e. The van der Waals surface area contributed by atoms with Gasteiger partial charge in [0, 0.05) is 61.8 Å². The lowest BCUT2D eigenvalue weighted by molar-refractivity contribution is 1.18. The second-order valence-electron chi connectivity index (χ2n) is 17.6. The Morgan fingerprint density at radius 3 is 0.957 bits per heavy atom. The summed E-state index contributed by atoms with van der Waals surface area (Å²) < 4.78 is 7.09. The Bertz CT molecular complexity index is 4150. The number of hydrogen-bond donors (Lipinski definition) is 0. The summed E-state index contributed by atoms with van der Waals surface area (Å²) in [6, 6.07) is 91.2. The Kier molecular flexibility index (Phi) is 9.80. The van der Waals surface area contributed by atoms with E-state index in [1.165, 1.54) is 99.0 Å². The molecule has 0 radical (unpaired) electrons. The molecule has 0 fully saturated rings. The van der Waals surface area contributed by atoms with Gasteiger partial charge in [-0.15, -0.1) is 0 Å². The van der Waals surface area contributed by atoms with Crippen molar-refractivity contribution in [3.8, 4) is 50.4 Å². The Labute approximate surface area is 399 Å². The zero-order valence-electron chi connectivity index (χ0n) is 37.7. The van der Waals surface area contributed by atoms with Gasteiger partial charge < -0.3 is 13.7 Å². The molecule has 0 aliphatic rings. The van der Waals surface area contributed by atoms with Crippen molar-refractivity contribution in [3.63, 3.8) is 0 Å². The number of hydrogen-bond acceptors (Lipinski definition) is 1. The van der Waals surface area contributed by atoms with Gasteiger partial charge in [-0.3, -0.25) is 4.98 Å². The Hall–Kier alpha value is -9.25. The van der Waals surface area contributed by atoms with Crippen molar-refractivity contribution in [1.29, 1.82) is 0 Å². The van der Waals surface area contributed by atoms with Gasteiger partial charge in [-0.2, -0.15) is 0 Å². The molecule has 4 aromatic heterocycles. The number of aromatic nitrogens is 4. The molecule has 69 heavy (non-hydrogen) atoms. The van der Waals surface area contributed by atoms with E-state index in [-0.39, 0.29) is 0 Å². The van der Waals surface area contributed by atoms with E-state index in [0.717, 1.165) is 16.8 Å². The van der Waals surface area contributed by atoms with Gasteiger partial charge in [-0.05, 0) is 130 Å². The average molecular weight is 881 g/mol. The van der Waals surface area contributed by atoms with Crippen LogP contribution in [-0.4, -0.2) is 18.7 Å². The number of fused-ring (bicyclic) bond motifs is 9. The molecule has 4 heterocycles. The fraction of sp³-hybridized carbons (Fsp3) is 0. The van der Waals surface area contributed by atoms with Gasteiger partial charge in [0.15, 0.2) is 0 Å². The van der Waals surface area contributed by atoms with Crippen molar-refractivity contribution >= 4 is 65.4 Å². The zero-order chi connectivity index (χ0) is 45.7. The normalized spacial score (nSPS) is 11.5. The van der Waals surface area contributed by atoms with E-state index >= 15 is 0 Å². The lowest BCUT2D eigenvalue weighted by atomic mass is 10.0. The lowest BCUT2D eigenvalue weighted by Gasteiger charge is -2.10. The molecule has 14 aromatic rings. The fourth-order valence-electron chi connectivity index (χ4n) is 10.4. The van der Waals surface area contributed by atoms with Crippen molar-refractivity contribution in [2.45, 2.75) is 0 Å². The number of nitrogens with zero attached hydrogens (tertiary/aromatic N) is 4. The average Bonchev–Trinajstić information content (AvgIpc) is 4.07. The Morgan fingerprint density at radius 1 is 0.217 bits per heavy atom. The van der Waals surface area contributed by atoms with E-state index in [9.17, 15) is 0 Å². The van der Waals surface area contributed by atoms with Crippen LogP contribution < -0.4 is 0 Å². The molecule has 0 amide bonds. The third-order valence-corrected chi connectivity index (χ3v) is 13.6. The van der Waals surface area contributed by atoms with Crippen LogP contribution in [0.15, 0.2) is 267 Å². The van der Waals surface area contributed by atoms with E-state index in [1.54, 1.807) is 0 Å². The van der Waals surface area contributed by atoms with Gasteiger partial charge in [0.2, 0.25) is 0 Å². The first-order valence-electron chi connectivity index (χ1n) is 23.5. The molecule has 0 N–H and O–H groups in total. The quantitative estimate of drug-likeness (QED) is 0.163. The molecule has 10 aromatic carbocycles. The molecule has 0 atom stereocenters. The van der Waals surface area contributed by atoms with Crippen molar-refractivity contribution < 1.29 is 0 Å². The molecule has 14 rings (SSSR count). The molecule has 4 nitrogen and oxygen atoms in total. The van der Waals surface area contributed by atoms with Gasteiger partial charge in [-0.1, -0.05) is 158 Å². The minimum absolute atomic E-state index is 1.12. The third kappa shape index (κ3) is 6.97. The SMILES string of the molecule is c1ccc(-c2ccc3c(c2)c2ccccc2n3-c2ccccc2)cc1.c1ccc(-n2c3ccccc3c3cc(-c4ccc5c(c4)c4ccccc4n5-c4ccc(-c5cccnc5)cc4)ccc32)cc1. The molecule has 0 saturated carbocycles.